The summed E-state index contributed by atoms with van der Waals surface area (Å²) in [5.74, 6) is 0.0102. The number of amides is 1. The summed E-state index contributed by atoms with van der Waals surface area (Å²) in [4.78, 5) is 16.2. The van der Waals surface area contributed by atoms with Gasteiger partial charge in [-0.2, -0.15) is 0 Å². The Balaban J connectivity index is 2.14. The Morgan fingerprint density at radius 2 is 2.37 bits per heavy atom. The zero-order valence-electron chi connectivity index (χ0n) is 11.3. The number of methoxy groups -OCH3 is 1. The molecule has 2 aromatic heterocycles. The molecule has 2 heterocycles. The number of aryl methyl sites for hydroxylation is 1. The van der Waals surface area contributed by atoms with Gasteiger partial charge in [-0.15, -0.1) is 0 Å². The molecular weight excluding hydrogens is 242 g/mol. The summed E-state index contributed by atoms with van der Waals surface area (Å²) < 4.78 is 6.97. The summed E-state index contributed by atoms with van der Waals surface area (Å²) >= 11 is 0. The van der Waals surface area contributed by atoms with Gasteiger partial charge in [-0.3, -0.25) is 4.79 Å². The largest absolute Gasteiger partial charge is 0.383 e. The van der Waals surface area contributed by atoms with Crippen molar-refractivity contribution in [3.63, 3.8) is 0 Å². The molecule has 0 spiro atoms. The molecule has 0 aliphatic heterocycles. The minimum absolute atomic E-state index is 0.0102. The summed E-state index contributed by atoms with van der Waals surface area (Å²) in [5, 5.41) is 3.88. The molecule has 5 heteroatoms. The number of fused-ring (bicyclic) bond motifs is 1. The smallest absolute Gasteiger partial charge is 0.224 e. The second-order valence-electron chi connectivity index (χ2n) is 4.33. The zero-order chi connectivity index (χ0) is 13.7. The fourth-order valence-corrected chi connectivity index (χ4v) is 2.11. The first kappa shape index (κ1) is 13.5. The second-order valence-corrected chi connectivity index (χ2v) is 4.33. The van der Waals surface area contributed by atoms with Crippen molar-refractivity contribution in [3.8, 4) is 0 Å². The number of pyridine rings is 1. The van der Waals surface area contributed by atoms with E-state index in [0.717, 1.165) is 23.1 Å². The third-order valence-electron chi connectivity index (χ3n) is 3.04. The van der Waals surface area contributed by atoms with E-state index in [9.17, 15) is 4.79 Å². The molecule has 102 valence electrons. The topological polar surface area (TPSA) is 56.2 Å². The van der Waals surface area contributed by atoms with Crippen LogP contribution >= 0.6 is 0 Å². The summed E-state index contributed by atoms with van der Waals surface area (Å²) in [6.45, 7) is 3.99. The van der Waals surface area contributed by atoms with Gasteiger partial charge in [0.2, 0.25) is 5.91 Å². The highest BCUT2D eigenvalue weighted by atomic mass is 16.5. The highest BCUT2D eigenvalue weighted by Gasteiger charge is 2.11. The van der Waals surface area contributed by atoms with Crippen LogP contribution in [0.2, 0.25) is 0 Å². The van der Waals surface area contributed by atoms with Crippen LogP contribution in [-0.4, -0.2) is 35.7 Å². The minimum atomic E-state index is 0.0102. The molecule has 2 aromatic rings. The number of ether oxygens (including phenoxy) is 1. The maximum atomic E-state index is 11.8. The Morgan fingerprint density at radius 3 is 3.11 bits per heavy atom. The standard InChI is InChI=1S/C14H19N3O2/c1-3-17-10-11(9-13(18)15-7-8-19-2)12-5-4-6-16-14(12)17/h4-6,10H,3,7-9H2,1-2H3,(H,15,18). The molecule has 0 saturated carbocycles. The van der Waals surface area contributed by atoms with Crippen LogP contribution in [0.5, 0.6) is 0 Å². The fourth-order valence-electron chi connectivity index (χ4n) is 2.11. The van der Waals surface area contributed by atoms with Crippen molar-refractivity contribution >= 4 is 16.9 Å². The molecule has 0 aliphatic carbocycles. The van der Waals surface area contributed by atoms with Gasteiger partial charge in [0.25, 0.3) is 0 Å². The molecule has 2 rings (SSSR count). The molecule has 1 amide bonds. The van der Waals surface area contributed by atoms with Gasteiger partial charge in [0.1, 0.15) is 5.65 Å². The average molecular weight is 261 g/mol. The van der Waals surface area contributed by atoms with Crippen molar-refractivity contribution in [2.24, 2.45) is 0 Å². The predicted molar refractivity (Wildman–Crippen MR) is 74.0 cm³/mol. The Hall–Kier alpha value is -1.88. The first-order chi connectivity index (χ1) is 9.26. The van der Waals surface area contributed by atoms with Gasteiger partial charge in [-0.25, -0.2) is 4.98 Å². The monoisotopic (exact) mass is 261 g/mol. The number of hydrogen-bond acceptors (Lipinski definition) is 3. The second kappa shape index (κ2) is 6.33. The minimum Gasteiger partial charge on any atom is -0.383 e. The van der Waals surface area contributed by atoms with Gasteiger partial charge in [0, 0.05) is 38.0 Å². The van der Waals surface area contributed by atoms with E-state index in [-0.39, 0.29) is 5.91 Å². The molecule has 0 unspecified atom stereocenters. The van der Waals surface area contributed by atoms with E-state index in [1.807, 2.05) is 18.3 Å². The molecule has 0 aliphatic rings. The number of hydrogen-bond donors (Lipinski definition) is 1. The Morgan fingerprint density at radius 1 is 1.53 bits per heavy atom. The van der Waals surface area contributed by atoms with Crippen LogP contribution in [0.1, 0.15) is 12.5 Å². The maximum Gasteiger partial charge on any atom is 0.224 e. The number of rotatable bonds is 6. The summed E-state index contributed by atoms with van der Waals surface area (Å²) in [6.07, 6.45) is 4.16. The van der Waals surface area contributed by atoms with Crippen molar-refractivity contribution in [2.75, 3.05) is 20.3 Å². The van der Waals surface area contributed by atoms with E-state index >= 15 is 0 Å². The molecule has 0 aromatic carbocycles. The normalized spacial score (nSPS) is 10.8. The Bertz CT molecular complexity index is 563. The van der Waals surface area contributed by atoms with Crippen molar-refractivity contribution < 1.29 is 9.53 Å². The van der Waals surface area contributed by atoms with Crippen LogP contribution in [0.4, 0.5) is 0 Å². The van der Waals surface area contributed by atoms with E-state index in [2.05, 4.69) is 21.8 Å². The fraction of sp³-hybridized carbons (Fsp3) is 0.429. The molecule has 0 bridgehead atoms. The third kappa shape index (κ3) is 3.12. The lowest BCUT2D eigenvalue weighted by Crippen LogP contribution is -2.28. The van der Waals surface area contributed by atoms with Crippen LogP contribution in [0, 0.1) is 0 Å². The van der Waals surface area contributed by atoms with Gasteiger partial charge in [0.15, 0.2) is 0 Å². The molecule has 0 fully saturated rings. The van der Waals surface area contributed by atoms with Gasteiger partial charge in [-0.05, 0) is 24.6 Å². The van der Waals surface area contributed by atoms with Gasteiger partial charge in [0.05, 0.1) is 13.0 Å². The summed E-state index contributed by atoms with van der Waals surface area (Å²) in [6, 6.07) is 3.90. The summed E-state index contributed by atoms with van der Waals surface area (Å²) in [7, 11) is 1.62. The quantitative estimate of drug-likeness (QED) is 0.799. The Kier molecular flexibility index (Phi) is 4.52. The number of carbonyl (C=O) groups is 1. The van der Waals surface area contributed by atoms with E-state index in [0.29, 0.717) is 19.6 Å². The lowest BCUT2D eigenvalue weighted by Gasteiger charge is -2.03. The molecule has 1 N–H and O–H groups in total. The highest BCUT2D eigenvalue weighted by Crippen LogP contribution is 2.19. The Labute approximate surface area is 112 Å². The molecule has 0 radical (unpaired) electrons. The molecule has 5 nitrogen and oxygen atoms in total. The van der Waals surface area contributed by atoms with Gasteiger partial charge in [-0.1, -0.05) is 0 Å². The lowest BCUT2D eigenvalue weighted by molar-refractivity contribution is -0.120. The van der Waals surface area contributed by atoms with Crippen LogP contribution in [0.25, 0.3) is 11.0 Å². The first-order valence-corrected chi connectivity index (χ1v) is 6.44. The average Bonchev–Trinajstić information content (AvgIpc) is 2.77. The van der Waals surface area contributed by atoms with E-state index < -0.39 is 0 Å². The maximum absolute atomic E-state index is 11.8. The first-order valence-electron chi connectivity index (χ1n) is 6.44. The predicted octanol–water partition coefficient (Wildman–Crippen LogP) is 1.36. The lowest BCUT2D eigenvalue weighted by atomic mass is 10.1. The molecule has 0 saturated heterocycles. The van der Waals surface area contributed by atoms with Gasteiger partial charge >= 0.3 is 0 Å². The third-order valence-corrected chi connectivity index (χ3v) is 3.04. The number of aromatic nitrogens is 2. The van der Waals surface area contributed by atoms with Crippen molar-refractivity contribution in [2.45, 2.75) is 19.9 Å². The van der Waals surface area contributed by atoms with Crippen molar-refractivity contribution in [1.82, 2.24) is 14.9 Å². The van der Waals surface area contributed by atoms with Crippen LogP contribution in [0.3, 0.4) is 0 Å². The summed E-state index contributed by atoms with van der Waals surface area (Å²) in [5.41, 5.74) is 1.95. The van der Waals surface area contributed by atoms with E-state index in [4.69, 9.17) is 4.74 Å². The molecular formula is C14H19N3O2. The number of nitrogens with one attached hydrogen (secondary N) is 1. The number of nitrogens with zero attached hydrogens (tertiary/aromatic N) is 2. The van der Waals surface area contributed by atoms with Crippen LogP contribution in [-0.2, 0) is 22.5 Å². The van der Waals surface area contributed by atoms with E-state index in [1.54, 1.807) is 13.3 Å². The number of carbonyl (C=O) groups excluding carboxylic acids is 1. The highest BCUT2D eigenvalue weighted by molar-refractivity contribution is 5.87. The van der Waals surface area contributed by atoms with Crippen molar-refractivity contribution in [3.05, 3.63) is 30.1 Å². The van der Waals surface area contributed by atoms with E-state index in [1.165, 1.54) is 0 Å². The zero-order valence-corrected chi connectivity index (χ0v) is 11.3. The molecule has 0 atom stereocenters. The van der Waals surface area contributed by atoms with Gasteiger partial charge < -0.3 is 14.6 Å². The SMILES string of the molecule is CCn1cc(CC(=O)NCCOC)c2cccnc21. The van der Waals surface area contributed by atoms with Crippen LogP contribution < -0.4 is 5.32 Å². The molecule has 19 heavy (non-hydrogen) atoms. The van der Waals surface area contributed by atoms with Crippen molar-refractivity contribution in [1.29, 1.82) is 0 Å². The van der Waals surface area contributed by atoms with Crippen LogP contribution in [0.15, 0.2) is 24.5 Å².